The van der Waals surface area contributed by atoms with Gasteiger partial charge in [0.25, 0.3) is 0 Å². The number of rotatable bonds is 7. The molecule has 1 amide bonds. The highest BCUT2D eigenvalue weighted by Gasteiger charge is 2.17. The number of hydrogen-bond donors (Lipinski definition) is 3. The molecule has 4 aromatic rings. The predicted octanol–water partition coefficient (Wildman–Crippen LogP) is 5.61. The summed E-state index contributed by atoms with van der Waals surface area (Å²) in [5.41, 5.74) is 4.10. The molecule has 0 unspecified atom stereocenters. The van der Waals surface area contributed by atoms with Crippen molar-refractivity contribution in [1.29, 1.82) is 0 Å². The number of aliphatic hydroxyl groups excluding tert-OH is 1. The molecule has 0 spiro atoms. The Morgan fingerprint density at radius 3 is 2.48 bits per heavy atom. The van der Waals surface area contributed by atoms with Crippen LogP contribution in [0.25, 0.3) is 33.4 Å². The lowest BCUT2D eigenvalue weighted by molar-refractivity contribution is -0.116. The molecule has 31 heavy (non-hydrogen) atoms. The summed E-state index contributed by atoms with van der Waals surface area (Å²) >= 11 is 0. The van der Waals surface area contributed by atoms with Crippen molar-refractivity contribution in [3.05, 3.63) is 79.1 Å². The zero-order valence-electron chi connectivity index (χ0n) is 16.7. The lowest BCUT2D eigenvalue weighted by Gasteiger charge is -2.06. The van der Waals surface area contributed by atoms with E-state index >= 15 is 0 Å². The minimum Gasteiger partial charge on any atom is -0.513 e. The Hall–Kier alpha value is -4.00. The number of allylic oxidation sites excluding steroid dienone is 1. The van der Waals surface area contributed by atoms with Crippen molar-refractivity contribution >= 4 is 22.8 Å². The molecule has 0 aliphatic carbocycles. The molecule has 0 aliphatic rings. The van der Waals surface area contributed by atoms with Crippen molar-refractivity contribution in [3.8, 4) is 22.4 Å². The maximum absolute atomic E-state index is 13.4. The third kappa shape index (κ3) is 4.61. The van der Waals surface area contributed by atoms with Crippen LogP contribution in [0.3, 0.4) is 0 Å². The molecule has 0 saturated heterocycles. The summed E-state index contributed by atoms with van der Waals surface area (Å²) in [6.45, 7) is 3.42. The van der Waals surface area contributed by atoms with Crippen molar-refractivity contribution in [1.82, 2.24) is 15.0 Å². The molecule has 156 valence electrons. The van der Waals surface area contributed by atoms with Crippen molar-refractivity contribution < 1.29 is 14.3 Å². The van der Waals surface area contributed by atoms with E-state index in [1.54, 1.807) is 30.6 Å². The minimum absolute atomic E-state index is 0.0655. The van der Waals surface area contributed by atoms with E-state index < -0.39 is 0 Å². The summed E-state index contributed by atoms with van der Waals surface area (Å²) in [6, 6.07) is 13.7. The summed E-state index contributed by atoms with van der Waals surface area (Å²) < 4.78 is 13.4. The van der Waals surface area contributed by atoms with Gasteiger partial charge >= 0.3 is 0 Å². The second-order valence-corrected chi connectivity index (χ2v) is 7.18. The number of fused-ring (bicyclic) bond motifs is 1. The topological polar surface area (TPSA) is 90.9 Å². The van der Waals surface area contributed by atoms with Crippen LogP contribution in [0, 0.1) is 5.82 Å². The lowest BCUT2D eigenvalue weighted by Crippen LogP contribution is -2.12. The normalized spacial score (nSPS) is 10.9. The van der Waals surface area contributed by atoms with Gasteiger partial charge in [-0.05, 0) is 66.1 Å². The number of benzene rings is 1. The molecule has 0 fully saturated rings. The van der Waals surface area contributed by atoms with Crippen LogP contribution in [0.15, 0.2) is 73.3 Å². The molecule has 6 nitrogen and oxygen atoms in total. The molecule has 4 rings (SSSR count). The number of carbonyl (C=O) groups excluding carboxylic acids is 1. The first-order valence-electron chi connectivity index (χ1n) is 9.87. The molecule has 0 atom stereocenters. The molecular weight excluding hydrogens is 395 g/mol. The number of nitrogens with zero attached hydrogens (tertiary/aromatic N) is 2. The summed E-state index contributed by atoms with van der Waals surface area (Å²) in [5.74, 6) is -0.00445. The van der Waals surface area contributed by atoms with Crippen molar-refractivity contribution in [3.63, 3.8) is 0 Å². The summed E-state index contributed by atoms with van der Waals surface area (Å²) in [7, 11) is 0. The zero-order valence-corrected chi connectivity index (χ0v) is 16.7. The molecule has 3 heterocycles. The number of nitrogens with one attached hydrogen (secondary N) is 2. The Bertz CT molecular complexity index is 1230. The standard InChI is InChI=1S/C24H21FN4O2/c1-15(30)3-2-4-21(31)27-20-10-9-19-22(16-11-13-26-14-12-16)23(29-24(19)28-20)17-5-7-18(25)8-6-17/h5-14,30H,1-4H2,(H2,27,28,29,31). The Morgan fingerprint density at radius 2 is 1.77 bits per heavy atom. The summed E-state index contributed by atoms with van der Waals surface area (Å²) in [6.07, 6.45) is 4.57. The van der Waals surface area contributed by atoms with Crippen LogP contribution in [0.2, 0.25) is 0 Å². The van der Waals surface area contributed by atoms with Gasteiger partial charge in [0.1, 0.15) is 17.3 Å². The maximum atomic E-state index is 13.4. The minimum atomic E-state index is -0.307. The number of aliphatic hydroxyl groups is 1. The number of halogens is 1. The van der Waals surface area contributed by atoms with E-state index in [1.807, 2.05) is 18.2 Å². The van der Waals surface area contributed by atoms with Crippen LogP contribution in [0.5, 0.6) is 0 Å². The van der Waals surface area contributed by atoms with E-state index in [4.69, 9.17) is 5.11 Å². The highest BCUT2D eigenvalue weighted by Crippen LogP contribution is 2.38. The third-order valence-electron chi connectivity index (χ3n) is 4.90. The van der Waals surface area contributed by atoms with Gasteiger partial charge in [0, 0.05) is 36.2 Å². The Balaban J connectivity index is 1.71. The van der Waals surface area contributed by atoms with E-state index in [1.165, 1.54) is 12.1 Å². The number of hydrogen-bond acceptors (Lipinski definition) is 4. The smallest absolute Gasteiger partial charge is 0.225 e. The number of aromatic amines is 1. The van der Waals surface area contributed by atoms with Gasteiger partial charge in [0.2, 0.25) is 5.91 Å². The van der Waals surface area contributed by atoms with Crippen LogP contribution >= 0.6 is 0 Å². The molecule has 3 N–H and O–H groups in total. The first-order chi connectivity index (χ1) is 15.0. The largest absolute Gasteiger partial charge is 0.513 e. The predicted molar refractivity (Wildman–Crippen MR) is 119 cm³/mol. The second kappa shape index (κ2) is 8.79. The van der Waals surface area contributed by atoms with Crippen LogP contribution in [0.4, 0.5) is 10.2 Å². The maximum Gasteiger partial charge on any atom is 0.225 e. The molecule has 0 bridgehead atoms. The second-order valence-electron chi connectivity index (χ2n) is 7.18. The van der Waals surface area contributed by atoms with Gasteiger partial charge in [-0.1, -0.05) is 6.58 Å². The fourth-order valence-corrected chi connectivity index (χ4v) is 3.45. The van der Waals surface area contributed by atoms with Crippen molar-refractivity contribution in [2.24, 2.45) is 0 Å². The molecule has 0 radical (unpaired) electrons. The fraction of sp³-hybridized carbons (Fsp3) is 0.125. The highest BCUT2D eigenvalue weighted by molar-refractivity contribution is 6.03. The Kier molecular flexibility index (Phi) is 5.75. The number of aromatic nitrogens is 3. The first-order valence-corrected chi connectivity index (χ1v) is 9.87. The van der Waals surface area contributed by atoms with Gasteiger partial charge in [0.05, 0.1) is 11.5 Å². The van der Waals surface area contributed by atoms with Crippen molar-refractivity contribution in [2.75, 3.05) is 5.32 Å². The molecule has 7 heteroatoms. The molecule has 3 aromatic heterocycles. The average Bonchev–Trinajstić information content (AvgIpc) is 3.13. The van der Waals surface area contributed by atoms with E-state index in [9.17, 15) is 9.18 Å². The summed E-state index contributed by atoms with van der Waals surface area (Å²) in [4.78, 5) is 24.1. The van der Waals surface area contributed by atoms with E-state index in [2.05, 4.69) is 26.8 Å². The SMILES string of the molecule is C=C(O)CCCC(=O)Nc1ccc2c(-c3ccncc3)c(-c3ccc(F)cc3)[nH]c2n1. The number of anilines is 1. The monoisotopic (exact) mass is 416 g/mol. The molecule has 1 aromatic carbocycles. The van der Waals surface area contributed by atoms with Gasteiger partial charge in [0.15, 0.2) is 0 Å². The molecular formula is C24H21FN4O2. The van der Waals surface area contributed by atoms with E-state index in [0.717, 1.165) is 27.8 Å². The summed E-state index contributed by atoms with van der Waals surface area (Å²) in [5, 5.41) is 12.8. The molecule has 0 aliphatic heterocycles. The number of pyridine rings is 2. The van der Waals surface area contributed by atoms with Gasteiger partial charge in [-0.25, -0.2) is 9.37 Å². The average molecular weight is 416 g/mol. The number of H-pyrrole nitrogens is 1. The fourth-order valence-electron chi connectivity index (χ4n) is 3.45. The lowest BCUT2D eigenvalue weighted by atomic mass is 10.00. The Labute approximate surface area is 178 Å². The van der Waals surface area contributed by atoms with Crippen LogP contribution < -0.4 is 5.32 Å². The van der Waals surface area contributed by atoms with Crippen LogP contribution in [-0.4, -0.2) is 26.0 Å². The van der Waals surface area contributed by atoms with Gasteiger partial charge in [-0.2, -0.15) is 0 Å². The Morgan fingerprint density at radius 1 is 1.03 bits per heavy atom. The number of amides is 1. The van der Waals surface area contributed by atoms with Crippen LogP contribution in [0.1, 0.15) is 19.3 Å². The van der Waals surface area contributed by atoms with Crippen LogP contribution in [-0.2, 0) is 4.79 Å². The van der Waals surface area contributed by atoms with E-state index in [0.29, 0.717) is 24.3 Å². The molecule has 0 saturated carbocycles. The van der Waals surface area contributed by atoms with Gasteiger partial charge < -0.3 is 15.4 Å². The number of carbonyl (C=O) groups is 1. The zero-order chi connectivity index (χ0) is 21.8. The van der Waals surface area contributed by atoms with Gasteiger partial charge in [-0.3, -0.25) is 9.78 Å². The third-order valence-corrected chi connectivity index (χ3v) is 4.90. The van der Waals surface area contributed by atoms with Gasteiger partial charge in [-0.15, -0.1) is 0 Å². The first kappa shape index (κ1) is 20.3. The quantitative estimate of drug-likeness (QED) is 0.342. The van der Waals surface area contributed by atoms with E-state index in [-0.39, 0.29) is 23.9 Å². The van der Waals surface area contributed by atoms with Crippen molar-refractivity contribution in [2.45, 2.75) is 19.3 Å². The highest BCUT2D eigenvalue weighted by atomic mass is 19.1.